The summed E-state index contributed by atoms with van der Waals surface area (Å²) in [5, 5.41) is 0. The summed E-state index contributed by atoms with van der Waals surface area (Å²) in [6.07, 6.45) is 0. The zero-order chi connectivity index (χ0) is 13.8. The van der Waals surface area contributed by atoms with Gasteiger partial charge in [0, 0.05) is 0 Å². The quantitative estimate of drug-likeness (QED) is 0.402. The molecule has 0 nitrogen and oxygen atoms in total. The van der Waals surface area contributed by atoms with E-state index in [1.54, 1.807) is 0 Å². The molecule has 0 fully saturated rings. The van der Waals surface area contributed by atoms with Crippen molar-refractivity contribution in [2.24, 2.45) is 0 Å². The van der Waals surface area contributed by atoms with Crippen molar-refractivity contribution in [3.8, 4) is 0 Å². The van der Waals surface area contributed by atoms with E-state index in [0.29, 0.717) is 0 Å². The van der Waals surface area contributed by atoms with Gasteiger partial charge >= 0.3 is 135 Å². The van der Waals surface area contributed by atoms with Crippen molar-refractivity contribution in [3.63, 3.8) is 0 Å². The molecule has 0 saturated heterocycles. The van der Waals surface area contributed by atoms with E-state index in [1.807, 2.05) is 0 Å². The molecule has 0 spiro atoms. The number of hydrogen-bond donors (Lipinski definition) is 0. The fraction of sp³-hybridized carbons (Fsp3) is 0. The van der Waals surface area contributed by atoms with E-state index in [1.165, 1.54) is 10.7 Å². The zero-order valence-corrected chi connectivity index (χ0v) is 16.0. The van der Waals surface area contributed by atoms with Crippen LogP contribution in [0.3, 0.4) is 0 Å². The molecule has 0 aromatic heterocycles. The van der Waals surface area contributed by atoms with E-state index in [4.69, 9.17) is 0 Å². The van der Waals surface area contributed by atoms with Gasteiger partial charge < -0.3 is 0 Å². The van der Waals surface area contributed by atoms with Crippen molar-refractivity contribution < 1.29 is 0 Å². The van der Waals surface area contributed by atoms with E-state index >= 15 is 0 Å². The molecule has 3 aromatic carbocycles. The minimum absolute atomic E-state index is 1.51. The molecule has 0 radical (unpaired) electrons. The van der Waals surface area contributed by atoms with Crippen molar-refractivity contribution in [2.75, 3.05) is 0 Å². The van der Waals surface area contributed by atoms with Gasteiger partial charge in [0.1, 0.15) is 0 Å². The predicted molar refractivity (Wildman–Crippen MR) is 98.0 cm³/mol. The Labute approximate surface area is 133 Å². The van der Waals surface area contributed by atoms with E-state index in [0.717, 1.165) is 0 Å². The van der Waals surface area contributed by atoms with Crippen molar-refractivity contribution in [2.45, 2.75) is 0 Å². The summed E-state index contributed by atoms with van der Waals surface area (Å²) < 4.78 is 4.54. The summed E-state index contributed by atoms with van der Waals surface area (Å²) in [5.74, 6) is 0. The van der Waals surface area contributed by atoms with Crippen LogP contribution in [0.1, 0.15) is 0 Å². The van der Waals surface area contributed by atoms with E-state index < -0.39 is 14.4 Å². The molecule has 98 valence electrons. The Bertz CT molecular complexity index is 569. The van der Waals surface area contributed by atoms with Crippen LogP contribution in [0.25, 0.3) is 0 Å². The average Bonchev–Trinajstić information content (AvgIpc) is 2.56. The van der Waals surface area contributed by atoms with Crippen LogP contribution in [-0.4, -0.2) is 14.4 Å². The Hall–Kier alpha value is -0.811. The fourth-order valence-corrected chi connectivity index (χ4v) is 18.2. The monoisotopic (exact) mass is 478 g/mol. The van der Waals surface area contributed by atoms with Crippen LogP contribution in [0.4, 0.5) is 0 Å². The number of halogens is 1. The normalized spacial score (nSPS) is 11.2. The van der Waals surface area contributed by atoms with Gasteiger partial charge in [-0.1, -0.05) is 0 Å². The molecule has 0 bridgehead atoms. The summed E-state index contributed by atoms with van der Waals surface area (Å²) in [4.78, 5) is 0. The van der Waals surface area contributed by atoms with Gasteiger partial charge in [0.15, 0.2) is 0 Å². The Morgan fingerprint density at radius 1 is 0.450 bits per heavy atom. The number of benzene rings is 3. The molecule has 0 aliphatic carbocycles. The van der Waals surface area contributed by atoms with Gasteiger partial charge in [0.25, 0.3) is 0 Å². The summed E-state index contributed by atoms with van der Waals surface area (Å²) in [7, 11) is 0. The maximum absolute atomic E-state index is 2.81. The molecule has 0 aliphatic heterocycles. The van der Waals surface area contributed by atoms with Gasteiger partial charge in [0.05, 0.1) is 0 Å². The molecule has 0 unspecified atom stereocenters. The van der Waals surface area contributed by atoms with Gasteiger partial charge in [-0.05, 0) is 0 Å². The summed E-state index contributed by atoms with van der Waals surface area (Å²) >= 11 is -0.0246. The Balaban J connectivity index is 2.24. The first-order valence-corrected chi connectivity index (χ1v) is 19.3. The Morgan fingerprint density at radius 3 is 0.950 bits per heavy atom. The minimum atomic E-state index is -2.81. The second-order valence-corrected chi connectivity index (χ2v) is 24.3. The molecule has 0 N–H and O–H groups in total. The van der Waals surface area contributed by atoms with Crippen LogP contribution < -0.4 is 10.7 Å². The van der Waals surface area contributed by atoms with Crippen molar-refractivity contribution in [1.82, 2.24) is 0 Å². The third-order valence-electron chi connectivity index (χ3n) is 3.51. The standard InChI is InChI=1S/3C6H5.HI.Sn/c3*1-2-4-6-5-3-1;;/h3*1-5H;1H;/q;;;;+1/p-1. The van der Waals surface area contributed by atoms with Crippen LogP contribution in [0, 0.1) is 0 Å². The molecular weight excluding hydrogens is 462 g/mol. The van der Waals surface area contributed by atoms with Gasteiger partial charge in [-0.2, -0.15) is 0 Å². The number of rotatable bonds is 3. The maximum atomic E-state index is 2.78. The van der Waals surface area contributed by atoms with Crippen molar-refractivity contribution >= 4 is 43.8 Å². The summed E-state index contributed by atoms with van der Waals surface area (Å²) in [6, 6.07) is 33.0. The molecule has 0 atom stereocenters. The van der Waals surface area contributed by atoms with Gasteiger partial charge in [-0.3, -0.25) is 0 Å². The third kappa shape index (κ3) is 2.66. The van der Waals surface area contributed by atoms with Crippen LogP contribution in [0.5, 0.6) is 0 Å². The van der Waals surface area contributed by atoms with Crippen LogP contribution in [0.15, 0.2) is 91.0 Å². The van der Waals surface area contributed by atoms with E-state index in [9.17, 15) is 0 Å². The molecule has 0 aliphatic rings. The van der Waals surface area contributed by atoms with Gasteiger partial charge in [-0.15, -0.1) is 0 Å². The van der Waals surface area contributed by atoms with Crippen LogP contribution in [-0.2, 0) is 0 Å². The second-order valence-electron chi connectivity index (χ2n) is 4.76. The SMILES string of the molecule is [I][Sn]([c]1ccccc1)([c]1ccccc1)[c]1ccccc1. The fourth-order valence-electron chi connectivity index (χ4n) is 2.50. The number of hydrogen-bond acceptors (Lipinski definition) is 0. The van der Waals surface area contributed by atoms with Gasteiger partial charge in [-0.25, -0.2) is 0 Å². The molecular formula is C18H15ISn. The summed E-state index contributed by atoms with van der Waals surface area (Å²) in [5.41, 5.74) is 0. The molecule has 0 amide bonds. The van der Waals surface area contributed by atoms with Gasteiger partial charge in [0.2, 0.25) is 0 Å². The van der Waals surface area contributed by atoms with E-state index in [2.05, 4.69) is 110 Å². The third-order valence-corrected chi connectivity index (χ3v) is 25.7. The predicted octanol–water partition coefficient (Wildman–Crippen LogP) is 3.09. The van der Waals surface area contributed by atoms with Crippen LogP contribution >= 0.6 is 18.6 Å². The summed E-state index contributed by atoms with van der Waals surface area (Å²) in [6.45, 7) is 0. The topological polar surface area (TPSA) is 0 Å². The molecule has 3 rings (SSSR count). The molecule has 20 heavy (non-hydrogen) atoms. The van der Waals surface area contributed by atoms with E-state index in [-0.39, 0.29) is 0 Å². The molecule has 0 saturated carbocycles. The molecule has 2 heteroatoms. The van der Waals surface area contributed by atoms with Crippen LogP contribution in [0.2, 0.25) is 0 Å². The Kier molecular flexibility index (Phi) is 4.46. The zero-order valence-electron chi connectivity index (χ0n) is 11.0. The Morgan fingerprint density at radius 2 is 0.700 bits per heavy atom. The second kappa shape index (κ2) is 6.31. The first-order chi connectivity index (χ1) is 9.82. The first kappa shape index (κ1) is 14.1. The average molecular weight is 477 g/mol. The molecule has 3 aromatic rings. The van der Waals surface area contributed by atoms with Crippen molar-refractivity contribution in [3.05, 3.63) is 91.0 Å². The molecule has 0 heterocycles. The van der Waals surface area contributed by atoms with Crippen molar-refractivity contribution in [1.29, 1.82) is 0 Å². The first-order valence-electron chi connectivity index (χ1n) is 6.67.